The van der Waals surface area contributed by atoms with Gasteiger partial charge < -0.3 is 15.3 Å². The summed E-state index contributed by atoms with van der Waals surface area (Å²) in [5, 5.41) is 2.80. The van der Waals surface area contributed by atoms with Gasteiger partial charge in [-0.05, 0) is 55.9 Å². The minimum absolute atomic E-state index is 0. The highest BCUT2D eigenvalue weighted by atomic mass is 35.5. The normalized spacial score (nSPS) is 15.1. The Labute approximate surface area is 185 Å². The number of nitrogens with one attached hydrogen (secondary N) is 1. The number of piperidine rings is 1. The second-order valence-corrected chi connectivity index (χ2v) is 7.41. The summed E-state index contributed by atoms with van der Waals surface area (Å²) in [6, 6.07) is 12.4. The quantitative estimate of drug-likeness (QED) is 0.721. The van der Waals surface area contributed by atoms with E-state index in [0.29, 0.717) is 5.95 Å². The van der Waals surface area contributed by atoms with Crippen molar-refractivity contribution in [2.24, 2.45) is 0 Å². The van der Waals surface area contributed by atoms with Gasteiger partial charge in [-0.1, -0.05) is 44.2 Å². The van der Waals surface area contributed by atoms with Crippen molar-refractivity contribution in [3.8, 4) is 0 Å². The first-order valence-corrected chi connectivity index (χ1v) is 10.3. The zero-order valence-corrected chi connectivity index (χ0v) is 18.7. The summed E-state index contributed by atoms with van der Waals surface area (Å²) in [6.45, 7) is 9.16. The Bertz CT molecular complexity index is 736. The molecule has 0 saturated carbocycles. The van der Waals surface area contributed by atoms with E-state index < -0.39 is 0 Å². The van der Waals surface area contributed by atoms with Gasteiger partial charge in [0.1, 0.15) is 0 Å². The molecule has 0 aliphatic carbocycles. The number of hydrogen-bond donors (Lipinski definition) is 1. The van der Waals surface area contributed by atoms with Crippen LogP contribution in [0.1, 0.15) is 38.7 Å². The number of nitrogens with zero attached hydrogens (tertiary/aromatic N) is 4. The summed E-state index contributed by atoms with van der Waals surface area (Å²) in [7, 11) is 0. The fraction of sp³-hybridized carbons (Fsp3) is 0.500. The van der Waals surface area contributed by atoms with Gasteiger partial charge in [0.2, 0.25) is 5.95 Å². The van der Waals surface area contributed by atoms with Crippen LogP contribution in [-0.4, -0.2) is 64.0 Å². The van der Waals surface area contributed by atoms with Crippen LogP contribution in [0.3, 0.4) is 0 Å². The molecule has 0 bridgehead atoms. The van der Waals surface area contributed by atoms with Gasteiger partial charge in [-0.25, -0.2) is 14.8 Å². The fourth-order valence-corrected chi connectivity index (χ4v) is 4.06. The van der Waals surface area contributed by atoms with Gasteiger partial charge in [-0.2, -0.15) is 0 Å². The van der Waals surface area contributed by atoms with Gasteiger partial charge in [0.15, 0.2) is 0 Å². The Morgan fingerprint density at radius 3 is 2.23 bits per heavy atom. The lowest BCUT2D eigenvalue weighted by molar-refractivity contribution is 0.151. The van der Waals surface area contributed by atoms with Crippen LogP contribution in [0.5, 0.6) is 0 Å². The molecular formula is C22H34ClN5O2. The zero-order chi connectivity index (χ0) is 19.8. The van der Waals surface area contributed by atoms with Crippen molar-refractivity contribution < 1.29 is 10.3 Å². The first-order chi connectivity index (χ1) is 13.7. The molecule has 3 N–H and O–H groups in total. The predicted molar refractivity (Wildman–Crippen MR) is 123 cm³/mol. The second-order valence-electron chi connectivity index (χ2n) is 7.41. The van der Waals surface area contributed by atoms with Gasteiger partial charge >= 0.3 is 6.03 Å². The van der Waals surface area contributed by atoms with E-state index in [9.17, 15) is 4.79 Å². The van der Waals surface area contributed by atoms with Crippen molar-refractivity contribution in [2.45, 2.75) is 38.5 Å². The van der Waals surface area contributed by atoms with Crippen molar-refractivity contribution in [1.29, 1.82) is 0 Å². The third kappa shape index (κ3) is 6.39. The molecule has 30 heavy (non-hydrogen) atoms. The number of hydrogen-bond acceptors (Lipinski definition) is 4. The minimum Gasteiger partial charge on any atom is -0.412 e. The number of benzene rings is 1. The van der Waals surface area contributed by atoms with Crippen LogP contribution in [0.25, 0.3) is 0 Å². The van der Waals surface area contributed by atoms with E-state index in [2.05, 4.69) is 64.4 Å². The number of aromatic nitrogens is 2. The Morgan fingerprint density at radius 1 is 1.07 bits per heavy atom. The highest BCUT2D eigenvalue weighted by Gasteiger charge is 2.37. The highest BCUT2D eigenvalue weighted by molar-refractivity contribution is 5.87. The van der Waals surface area contributed by atoms with Crippen LogP contribution >= 0.6 is 12.4 Å². The Kier molecular flexibility index (Phi) is 10.7. The number of anilines is 1. The van der Waals surface area contributed by atoms with Gasteiger partial charge in [0.05, 0.1) is 0 Å². The van der Waals surface area contributed by atoms with Crippen molar-refractivity contribution in [3.05, 3.63) is 54.4 Å². The molecule has 166 valence electrons. The molecule has 1 saturated heterocycles. The summed E-state index contributed by atoms with van der Waals surface area (Å²) in [5.74, 6) is 0.355. The highest BCUT2D eigenvalue weighted by Crippen LogP contribution is 2.39. The van der Waals surface area contributed by atoms with E-state index in [-0.39, 0.29) is 29.3 Å². The first kappa shape index (κ1) is 25.8. The van der Waals surface area contributed by atoms with Crippen LogP contribution in [-0.2, 0) is 5.41 Å². The Balaban J connectivity index is 0.00000225. The molecule has 8 heteroatoms. The molecule has 1 aliphatic rings. The first-order valence-electron chi connectivity index (χ1n) is 10.3. The molecule has 0 radical (unpaired) electrons. The predicted octanol–water partition coefficient (Wildman–Crippen LogP) is 3.37. The molecule has 2 heterocycles. The summed E-state index contributed by atoms with van der Waals surface area (Å²) in [6.07, 6.45) is 6.33. The van der Waals surface area contributed by atoms with E-state index in [4.69, 9.17) is 0 Å². The monoisotopic (exact) mass is 435 g/mol. The van der Waals surface area contributed by atoms with Gasteiger partial charge in [0, 0.05) is 25.5 Å². The number of carbonyl (C=O) groups excluding carboxylic acids is 1. The lowest BCUT2D eigenvalue weighted by Crippen LogP contribution is -2.48. The van der Waals surface area contributed by atoms with Crippen molar-refractivity contribution in [1.82, 2.24) is 19.8 Å². The number of halogens is 1. The van der Waals surface area contributed by atoms with E-state index in [1.807, 2.05) is 4.90 Å². The Hall–Kier alpha value is -2.22. The summed E-state index contributed by atoms with van der Waals surface area (Å²) < 4.78 is 0. The maximum atomic E-state index is 12.6. The molecule has 0 atom stereocenters. The van der Waals surface area contributed by atoms with Gasteiger partial charge in [-0.3, -0.25) is 5.32 Å². The third-order valence-corrected chi connectivity index (χ3v) is 5.98. The standard InChI is InChI=1S/C22H31N5O.ClH.H2O/c1-3-26(4-2)16-11-22(19-9-6-5-7-10-19)12-17-27(18-13-22)21(28)25-20-23-14-8-15-24-20;;/h5-10,14-15H,3-4,11-13,16-18H2,1-2H3,(H,23,24,25,28);1H;1H2. The van der Waals surface area contributed by atoms with E-state index >= 15 is 0 Å². The topological polar surface area (TPSA) is 92.9 Å². The minimum atomic E-state index is -0.114. The Morgan fingerprint density at radius 2 is 1.67 bits per heavy atom. The molecule has 1 aromatic heterocycles. The number of amides is 2. The summed E-state index contributed by atoms with van der Waals surface area (Å²) >= 11 is 0. The molecule has 2 aromatic rings. The number of rotatable bonds is 7. The summed E-state index contributed by atoms with van der Waals surface area (Å²) in [4.78, 5) is 25.1. The van der Waals surface area contributed by atoms with Crippen molar-refractivity contribution >= 4 is 24.4 Å². The third-order valence-electron chi connectivity index (χ3n) is 5.98. The molecule has 0 spiro atoms. The van der Waals surface area contributed by atoms with Crippen LogP contribution in [0.2, 0.25) is 0 Å². The maximum absolute atomic E-state index is 12.6. The van der Waals surface area contributed by atoms with E-state index in [0.717, 1.165) is 52.0 Å². The number of likely N-dealkylation sites (tertiary alicyclic amines) is 1. The van der Waals surface area contributed by atoms with Crippen LogP contribution in [0.4, 0.5) is 10.7 Å². The van der Waals surface area contributed by atoms with E-state index in [1.165, 1.54) is 5.56 Å². The van der Waals surface area contributed by atoms with Crippen LogP contribution in [0.15, 0.2) is 48.8 Å². The van der Waals surface area contributed by atoms with E-state index in [1.54, 1.807) is 18.5 Å². The number of carbonyl (C=O) groups is 1. The average Bonchev–Trinajstić information content (AvgIpc) is 2.76. The van der Waals surface area contributed by atoms with Crippen LogP contribution < -0.4 is 5.32 Å². The fourth-order valence-electron chi connectivity index (χ4n) is 4.06. The maximum Gasteiger partial charge on any atom is 0.324 e. The molecule has 3 rings (SSSR count). The SMILES string of the molecule is CCN(CC)CCC1(c2ccccc2)CCN(C(=O)Nc2ncccn2)CC1.Cl.O. The average molecular weight is 436 g/mol. The second kappa shape index (κ2) is 12.5. The molecule has 1 aliphatic heterocycles. The molecule has 2 amide bonds. The molecule has 1 fully saturated rings. The number of urea groups is 1. The molecule has 1 aromatic carbocycles. The molecule has 0 unspecified atom stereocenters. The lowest BCUT2D eigenvalue weighted by atomic mass is 9.70. The lowest BCUT2D eigenvalue weighted by Gasteiger charge is -2.43. The molecular weight excluding hydrogens is 402 g/mol. The zero-order valence-electron chi connectivity index (χ0n) is 17.9. The van der Waals surface area contributed by atoms with Crippen molar-refractivity contribution in [2.75, 3.05) is 38.0 Å². The van der Waals surface area contributed by atoms with Gasteiger partial charge in [-0.15, -0.1) is 12.4 Å². The largest absolute Gasteiger partial charge is 0.412 e. The van der Waals surface area contributed by atoms with Crippen LogP contribution in [0, 0.1) is 0 Å². The smallest absolute Gasteiger partial charge is 0.324 e. The van der Waals surface area contributed by atoms with Crippen molar-refractivity contribution in [3.63, 3.8) is 0 Å². The summed E-state index contributed by atoms with van der Waals surface area (Å²) in [5.41, 5.74) is 1.53. The molecule has 7 nitrogen and oxygen atoms in total. The van der Waals surface area contributed by atoms with Gasteiger partial charge in [0.25, 0.3) is 0 Å².